The minimum atomic E-state index is 0.326. The first-order chi connectivity index (χ1) is 15.2. The summed E-state index contributed by atoms with van der Waals surface area (Å²) in [5, 5.41) is 5.02. The summed E-state index contributed by atoms with van der Waals surface area (Å²) in [7, 11) is 1.91. The SMILES string of the molecule is Cn1cc(-c2ccc3nc(COc4cccnc4)n(Cc4ccccc4Cl)c3c2)cn1. The summed E-state index contributed by atoms with van der Waals surface area (Å²) in [6.07, 6.45) is 7.28. The predicted molar refractivity (Wildman–Crippen MR) is 121 cm³/mol. The predicted octanol–water partition coefficient (Wildman–Crippen LogP) is 5.11. The first kappa shape index (κ1) is 19.3. The molecule has 6 nitrogen and oxygen atoms in total. The van der Waals surface area contributed by atoms with Crippen LogP contribution in [0.2, 0.25) is 5.02 Å². The van der Waals surface area contributed by atoms with Gasteiger partial charge < -0.3 is 9.30 Å². The molecule has 5 rings (SSSR count). The van der Waals surface area contributed by atoms with Gasteiger partial charge in [0.1, 0.15) is 18.2 Å². The molecule has 0 unspecified atom stereocenters. The number of fused-ring (bicyclic) bond motifs is 1. The molecule has 0 aliphatic heterocycles. The zero-order chi connectivity index (χ0) is 21.2. The van der Waals surface area contributed by atoms with Gasteiger partial charge in [0.25, 0.3) is 0 Å². The lowest BCUT2D eigenvalue weighted by Crippen LogP contribution is -2.09. The van der Waals surface area contributed by atoms with Crippen molar-refractivity contribution in [3.05, 3.63) is 95.8 Å². The number of nitrogens with zero attached hydrogens (tertiary/aromatic N) is 5. The molecule has 0 atom stereocenters. The number of halogens is 1. The molecule has 0 fully saturated rings. The van der Waals surface area contributed by atoms with Crippen molar-refractivity contribution in [1.29, 1.82) is 0 Å². The molecule has 31 heavy (non-hydrogen) atoms. The number of imidazole rings is 1. The molecule has 7 heteroatoms. The molecule has 0 saturated carbocycles. The van der Waals surface area contributed by atoms with Gasteiger partial charge in [-0.25, -0.2) is 4.98 Å². The van der Waals surface area contributed by atoms with Crippen LogP contribution in [0.5, 0.6) is 5.75 Å². The molecule has 154 valence electrons. The van der Waals surface area contributed by atoms with Crippen LogP contribution in [0, 0.1) is 0 Å². The van der Waals surface area contributed by atoms with E-state index < -0.39 is 0 Å². The Hall–Kier alpha value is -3.64. The van der Waals surface area contributed by atoms with Crippen molar-refractivity contribution >= 4 is 22.6 Å². The molecule has 0 bridgehead atoms. The fourth-order valence-corrected chi connectivity index (χ4v) is 3.78. The van der Waals surface area contributed by atoms with E-state index >= 15 is 0 Å². The minimum absolute atomic E-state index is 0.326. The smallest absolute Gasteiger partial charge is 0.148 e. The molecule has 0 saturated heterocycles. The number of pyridine rings is 1. The highest BCUT2D eigenvalue weighted by Crippen LogP contribution is 2.27. The zero-order valence-corrected chi connectivity index (χ0v) is 17.7. The number of benzene rings is 2. The fraction of sp³-hybridized carbons (Fsp3) is 0.125. The maximum atomic E-state index is 6.46. The van der Waals surface area contributed by atoms with Gasteiger partial charge in [0.2, 0.25) is 0 Å². The van der Waals surface area contributed by atoms with Gasteiger partial charge in [0.05, 0.1) is 30.0 Å². The van der Waals surface area contributed by atoms with Gasteiger partial charge in [0.15, 0.2) is 0 Å². The number of aryl methyl sites for hydroxylation is 1. The summed E-state index contributed by atoms with van der Waals surface area (Å²) in [6, 6.07) is 17.8. The van der Waals surface area contributed by atoms with Crippen molar-refractivity contribution in [2.75, 3.05) is 0 Å². The second-order valence-corrected chi connectivity index (χ2v) is 7.70. The van der Waals surface area contributed by atoms with Gasteiger partial charge in [-0.05, 0) is 41.5 Å². The molecular weight excluding hydrogens is 410 g/mol. The quantitative estimate of drug-likeness (QED) is 0.376. The van der Waals surface area contributed by atoms with Crippen molar-refractivity contribution < 1.29 is 4.74 Å². The molecule has 0 amide bonds. The van der Waals surface area contributed by atoms with E-state index in [2.05, 4.69) is 26.8 Å². The van der Waals surface area contributed by atoms with Crippen LogP contribution in [0.1, 0.15) is 11.4 Å². The average molecular weight is 430 g/mol. The Balaban J connectivity index is 1.58. The number of ether oxygens (including phenoxy) is 1. The van der Waals surface area contributed by atoms with Gasteiger partial charge in [-0.15, -0.1) is 0 Å². The molecule has 0 aliphatic rings. The first-order valence-electron chi connectivity index (χ1n) is 9.92. The van der Waals surface area contributed by atoms with E-state index in [1.165, 1.54) is 0 Å². The molecule has 2 aromatic carbocycles. The van der Waals surface area contributed by atoms with E-state index in [9.17, 15) is 0 Å². The van der Waals surface area contributed by atoms with Crippen molar-refractivity contribution in [1.82, 2.24) is 24.3 Å². The third-order valence-corrected chi connectivity index (χ3v) is 5.52. The van der Waals surface area contributed by atoms with Crippen LogP contribution in [0.3, 0.4) is 0 Å². The van der Waals surface area contributed by atoms with Crippen molar-refractivity contribution in [3.63, 3.8) is 0 Å². The summed E-state index contributed by atoms with van der Waals surface area (Å²) in [6.45, 7) is 0.922. The second-order valence-electron chi connectivity index (χ2n) is 7.29. The average Bonchev–Trinajstić information content (AvgIpc) is 3.38. The van der Waals surface area contributed by atoms with Crippen molar-refractivity contribution in [2.45, 2.75) is 13.2 Å². The lowest BCUT2D eigenvalue weighted by atomic mass is 10.1. The van der Waals surface area contributed by atoms with Crippen LogP contribution in [0.15, 0.2) is 79.4 Å². The summed E-state index contributed by atoms with van der Waals surface area (Å²) >= 11 is 6.46. The van der Waals surface area contributed by atoms with Crippen LogP contribution in [0.25, 0.3) is 22.2 Å². The van der Waals surface area contributed by atoms with Gasteiger partial charge in [-0.3, -0.25) is 9.67 Å². The lowest BCUT2D eigenvalue weighted by Gasteiger charge is -2.12. The highest BCUT2D eigenvalue weighted by molar-refractivity contribution is 6.31. The van der Waals surface area contributed by atoms with E-state index in [4.69, 9.17) is 21.3 Å². The summed E-state index contributed by atoms with van der Waals surface area (Å²) in [5.74, 6) is 1.53. The molecule has 0 aliphatic carbocycles. The van der Waals surface area contributed by atoms with E-state index in [-0.39, 0.29) is 0 Å². The maximum Gasteiger partial charge on any atom is 0.148 e. The Labute approximate surface area is 184 Å². The summed E-state index contributed by atoms with van der Waals surface area (Å²) in [4.78, 5) is 8.96. The molecule has 0 N–H and O–H groups in total. The van der Waals surface area contributed by atoms with Crippen LogP contribution in [0.4, 0.5) is 0 Å². The van der Waals surface area contributed by atoms with Gasteiger partial charge in [-0.2, -0.15) is 5.10 Å². The van der Waals surface area contributed by atoms with Gasteiger partial charge >= 0.3 is 0 Å². The Kier molecular flexibility index (Phi) is 5.14. The monoisotopic (exact) mass is 429 g/mol. The molecule has 3 heterocycles. The Bertz CT molecular complexity index is 1340. The van der Waals surface area contributed by atoms with E-state index in [1.807, 2.05) is 61.9 Å². The maximum absolute atomic E-state index is 6.46. The normalized spacial score (nSPS) is 11.2. The van der Waals surface area contributed by atoms with Crippen LogP contribution < -0.4 is 4.74 Å². The van der Waals surface area contributed by atoms with Crippen LogP contribution in [-0.2, 0) is 20.2 Å². The molecule has 0 spiro atoms. The van der Waals surface area contributed by atoms with E-state index in [0.29, 0.717) is 18.9 Å². The topological polar surface area (TPSA) is 57.8 Å². The standard InChI is InChI=1S/C24H20ClN5O/c1-29-14-19(12-27-29)17-8-9-22-23(11-17)30(15-18-5-2-3-7-21(18)25)24(28-22)16-31-20-6-4-10-26-13-20/h2-14H,15-16H2,1H3. The highest BCUT2D eigenvalue weighted by atomic mass is 35.5. The van der Waals surface area contributed by atoms with E-state index in [1.54, 1.807) is 17.1 Å². The summed E-state index contributed by atoms with van der Waals surface area (Å²) in [5.41, 5.74) is 5.09. The van der Waals surface area contributed by atoms with Crippen LogP contribution in [-0.4, -0.2) is 24.3 Å². The first-order valence-corrected chi connectivity index (χ1v) is 10.3. The number of hydrogen-bond acceptors (Lipinski definition) is 4. The Morgan fingerprint density at radius 3 is 2.68 bits per heavy atom. The fourth-order valence-electron chi connectivity index (χ4n) is 3.59. The number of hydrogen-bond donors (Lipinski definition) is 0. The third-order valence-electron chi connectivity index (χ3n) is 5.15. The summed E-state index contributed by atoms with van der Waals surface area (Å²) < 4.78 is 9.92. The molecule has 3 aromatic heterocycles. The molecular formula is C24H20ClN5O. The molecule has 5 aromatic rings. The largest absolute Gasteiger partial charge is 0.484 e. The zero-order valence-electron chi connectivity index (χ0n) is 16.9. The van der Waals surface area contributed by atoms with E-state index in [0.717, 1.165) is 38.6 Å². The van der Waals surface area contributed by atoms with Crippen LogP contribution >= 0.6 is 11.6 Å². The van der Waals surface area contributed by atoms with Crippen molar-refractivity contribution in [3.8, 4) is 16.9 Å². The lowest BCUT2D eigenvalue weighted by molar-refractivity contribution is 0.290. The number of rotatable bonds is 6. The Morgan fingerprint density at radius 2 is 1.90 bits per heavy atom. The van der Waals surface area contributed by atoms with Gasteiger partial charge in [-0.1, -0.05) is 35.9 Å². The second kappa shape index (κ2) is 8.24. The Morgan fingerprint density at radius 1 is 1.00 bits per heavy atom. The third kappa shape index (κ3) is 4.02. The van der Waals surface area contributed by atoms with Crippen molar-refractivity contribution in [2.24, 2.45) is 7.05 Å². The van der Waals surface area contributed by atoms with Gasteiger partial charge in [0, 0.05) is 30.0 Å². The minimum Gasteiger partial charge on any atom is -0.484 e. The highest BCUT2D eigenvalue weighted by Gasteiger charge is 2.15. The number of aromatic nitrogens is 5. The molecule has 0 radical (unpaired) electrons.